The summed E-state index contributed by atoms with van der Waals surface area (Å²) in [6.07, 6.45) is 1.17. The zero-order chi connectivity index (χ0) is 22.1. The molecule has 0 aromatic heterocycles. The number of quaternary nitrogens is 1. The second kappa shape index (κ2) is 8.78. The van der Waals surface area contributed by atoms with Gasteiger partial charge in [0.25, 0.3) is 17.7 Å². The van der Waals surface area contributed by atoms with Gasteiger partial charge in [0.1, 0.15) is 6.54 Å². The molecular formula is C23H31N4O4+. The van der Waals surface area contributed by atoms with Gasteiger partial charge in [-0.3, -0.25) is 24.1 Å². The lowest BCUT2D eigenvalue weighted by Gasteiger charge is -2.37. The summed E-state index contributed by atoms with van der Waals surface area (Å²) in [5.74, 6) is 0.235. The first-order valence-electron chi connectivity index (χ1n) is 11.2. The molecule has 8 nitrogen and oxygen atoms in total. The Balaban J connectivity index is 1.26. The molecule has 3 aliphatic heterocycles. The van der Waals surface area contributed by atoms with Crippen LogP contribution < -0.4 is 4.90 Å². The number of fused-ring (bicyclic) bond motifs is 1. The molecular weight excluding hydrogens is 396 g/mol. The molecule has 3 aliphatic rings. The summed E-state index contributed by atoms with van der Waals surface area (Å²) < 4.78 is 0. The van der Waals surface area contributed by atoms with Crippen molar-refractivity contribution in [2.24, 2.45) is 11.8 Å². The van der Waals surface area contributed by atoms with Gasteiger partial charge in [-0.15, -0.1) is 0 Å². The Morgan fingerprint density at radius 2 is 1.45 bits per heavy atom. The number of rotatable bonds is 4. The molecule has 0 aliphatic carbocycles. The highest BCUT2D eigenvalue weighted by molar-refractivity contribution is 6.22. The number of amides is 4. The molecule has 1 aromatic rings. The average molecular weight is 428 g/mol. The SMILES string of the molecule is C[C@@H]1C[C@@H](C)CN(C(=O)C[NH+]2CCN(C(=O)CN3C(=O)c4ccccc4C3=O)CC2)C1. The third-order valence-electron chi connectivity index (χ3n) is 6.62. The Kier molecular flexibility index (Phi) is 6.09. The number of likely N-dealkylation sites (tertiary alicyclic amines) is 1. The van der Waals surface area contributed by atoms with Crippen molar-refractivity contribution in [1.29, 1.82) is 0 Å². The highest BCUT2D eigenvalue weighted by Crippen LogP contribution is 2.22. The molecule has 4 rings (SSSR count). The number of hydrogen-bond acceptors (Lipinski definition) is 4. The highest BCUT2D eigenvalue weighted by Gasteiger charge is 2.38. The first-order chi connectivity index (χ1) is 14.8. The van der Waals surface area contributed by atoms with Gasteiger partial charge in [-0.2, -0.15) is 0 Å². The predicted molar refractivity (Wildman–Crippen MR) is 113 cm³/mol. The Hall–Kier alpha value is -2.74. The Bertz CT molecular complexity index is 848. The zero-order valence-corrected chi connectivity index (χ0v) is 18.3. The van der Waals surface area contributed by atoms with Gasteiger partial charge in [0.15, 0.2) is 6.54 Å². The quantitative estimate of drug-likeness (QED) is 0.658. The van der Waals surface area contributed by atoms with Crippen molar-refractivity contribution >= 4 is 23.6 Å². The van der Waals surface area contributed by atoms with Crippen molar-refractivity contribution in [3.8, 4) is 0 Å². The number of benzene rings is 1. The molecule has 0 saturated carbocycles. The Morgan fingerprint density at radius 3 is 2.00 bits per heavy atom. The van der Waals surface area contributed by atoms with Gasteiger partial charge in [0, 0.05) is 13.1 Å². The summed E-state index contributed by atoms with van der Waals surface area (Å²) in [6.45, 7) is 8.72. The van der Waals surface area contributed by atoms with E-state index >= 15 is 0 Å². The Morgan fingerprint density at radius 1 is 0.903 bits per heavy atom. The van der Waals surface area contributed by atoms with Crippen molar-refractivity contribution in [3.05, 3.63) is 35.4 Å². The number of carbonyl (C=O) groups excluding carboxylic acids is 4. The molecule has 3 heterocycles. The predicted octanol–water partition coefficient (Wildman–Crippen LogP) is -0.486. The number of nitrogens with zero attached hydrogens (tertiary/aromatic N) is 3. The standard InChI is InChI=1S/C23H30N4O4/c1-16-11-17(2)13-26(12-16)20(28)14-24-7-9-25(10-8-24)21(29)15-27-22(30)18-5-3-4-6-19(18)23(27)31/h3-6,16-17H,7-15H2,1-2H3/p+1/t16-,17-/m1/s1. The molecule has 0 unspecified atom stereocenters. The van der Waals surface area contributed by atoms with Gasteiger partial charge in [-0.25, -0.2) is 0 Å². The number of imide groups is 1. The van der Waals surface area contributed by atoms with E-state index in [-0.39, 0.29) is 18.4 Å². The smallest absolute Gasteiger partial charge is 0.277 e. The maximum atomic E-state index is 12.7. The van der Waals surface area contributed by atoms with Gasteiger partial charge >= 0.3 is 0 Å². The average Bonchev–Trinajstić information content (AvgIpc) is 2.98. The molecule has 1 N–H and O–H groups in total. The second-order valence-electron chi connectivity index (χ2n) is 9.29. The van der Waals surface area contributed by atoms with E-state index in [9.17, 15) is 19.2 Å². The molecule has 166 valence electrons. The second-order valence-corrected chi connectivity index (χ2v) is 9.29. The van der Waals surface area contributed by atoms with Crippen LogP contribution in [-0.2, 0) is 9.59 Å². The summed E-state index contributed by atoms with van der Waals surface area (Å²) in [4.78, 5) is 56.3. The molecule has 4 amide bonds. The van der Waals surface area contributed by atoms with Crippen LogP contribution in [0, 0.1) is 11.8 Å². The van der Waals surface area contributed by atoms with E-state index in [4.69, 9.17) is 0 Å². The molecule has 2 fully saturated rings. The van der Waals surface area contributed by atoms with Gasteiger partial charge in [-0.1, -0.05) is 26.0 Å². The minimum absolute atomic E-state index is 0.194. The zero-order valence-electron chi connectivity index (χ0n) is 18.3. The molecule has 2 atom stereocenters. The third kappa shape index (κ3) is 4.49. The van der Waals surface area contributed by atoms with Gasteiger partial charge in [-0.05, 0) is 30.4 Å². The van der Waals surface area contributed by atoms with Crippen LogP contribution in [0.25, 0.3) is 0 Å². The minimum Gasteiger partial charge on any atom is -0.337 e. The van der Waals surface area contributed by atoms with Gasteiger partial charge in [0.05, 0.1) is 37.3 Å². The minimum atomic E-state index is -0.409. The van der Waals surface area contributed by atoms with Crippen molar-refractivity contribution in [2.45, 2.75) is 20.3 Å². The number of piperazine rings is 1. The molecule has 31 heavy (non-hydrogen) atoms. The molecule has 0 spiro atoms. The molecule has 8 heteroatoms. The van der Waals surface area contributed by atoms with Crippen LogP contribution in [0.2, 0.25) is 0 Å². The summed E-state index contributed by atoms with van der Waals surface area (Å²) in [5, 5.41) is 0. The number of nitrogens with one attached hydrogen (secondary N) is 1. The van der Waals surface area contributed by atoms with Crippen molar-refractivity contribution in [3.63, 3.8) is 0 Å². The first kappa shape index (κ1) is 21.5. The van der Waals surface area contributed by atoms with E-state index in [1.807, 2.05) is 4.90 Å². The normalized spacial score (nSPS) is 24.5. The maximum Gasteiger partial charge on any atom is 0.277 e. The van der Waals surface area contributed by atoms with Gasteiger partial charge < -0.3 is 14.7 Å². The highest BCUT2D eigenvalue weighted by atomic mass is 16.2. The van der Waals surface area contributed by atoms with Crippen LogP contribution in [0.5, 0.6) is 0 Å². The van der Waals surface area contributed by atoms with Crippen molar-refractivity contribution in [2.75, 3.05) is 52.4 Å². The lowest BCUT2D eigenvalue weighted by Crippen LogP contribution is -3.15. The number of piperidine rings is 1. The maximum absolute atomic E-state index is 12.7. The Labute approximate surface area is 182 Å². The van der Waals surface area contributed by atoms with E-state index in [1.54, 1.807) is 29.2 Å². The molecule has 2 saturated heterocycles. The summed E-state index contributed by atoms with van der Waals surface area (Å²) in [6, 6.07) is 6.65. The van der Waals surface area contributed by atoms with Crippen molar-refractivity contribution < 1.29 is 24.1 Å². The van der Waals surface area contributed by atoms with E-state index in [2.05, 4.69) is 13.8 Å². The summed E-state index contributed by atoms with van der Waals surface area (Å²) in [5.41, 5.74) is 0.712. The topological polar surface area (TPSA) is 82.4 Å². The number of carbonyl (C=O) groups is 4. The third-order valence-corrected chi connectivity index (χ3v) is 6.62. The van der Waals surface area contributed by atoms with Crippen LogP contribution in [0.15, 0.2) is 24.3 Å². The summed E-state index contributed by atoms with van der Waals surface area (Å²) in [7, 11) is 0. The van der Waals surface area contributed by atoms with E-state index in [1.165, 1.54) is 11.3 Å². The fourth-order valence-electron chi connectivity index (χ4n) is 5.06. The lowest BCUT2D eigenvalue weighted by atomic mass is 9.92. The number of hydrogen-bond donors (Lipinski definition) is 1. The van der Waals surface area contributed by atoms with Gasteiger partial charge in [0.2, 0.25) is 5.91 Å². The molecule has 1 aromatic carbocycles. The van der Waals surface area contributed by atoms with Crippen LogP contribution in [-0.4, -0.2) is 90.7 Å². The van der Waals surface area contributed by atoms with Crippen molar-refractivity contribution in [1.82, 2.24) is 14.7 Å². The van der Waals surface area contributed by atoms with E-state index < -0.39 is 11.8 Å². The largest absolute Gasteiger partial charge is 0.337 e. The molecule has 0 bridgehead atoms. The van der Waals surface area contributed by atoms with E-state index in [0.717, 1.165) is 18.0 Å². The lowest BCUT2D eigenvalue weighted by molar-refractivity contribution is -0.896. The fourth-order valence-corrected chi connectivity index (χ4v) is 5.06. The first-order valence-corrected chi connectivity index (χ1v) is 11.2. The van der Waals surface area contributed by atoms with E-state index in [0.29, 0.717) is 55.7 Å². The fraction of sp³-hybridized carbons (Fsp3) is 0.565. The molecule has 0 radical (unpaired) electrons. The van der Waals surface area contributed by atoms with Crippen LogP contribution in [0.4, 0.5) is 0 Å². The monoisotopic (exact) mass is 427 g/mol. The van der Waals surface area contributed by atoms with Crippen LogP contribution >= 0.6 is 0 Å². The van der Waals surface area contributed by atoms with Crippen LogP contribution in [0.1, 0.15) is 41.0 Å². The van der Waals surface area contributed by atoms with Crippen LogP contribution in [0.3, 0.4) is 0 Å². The summed E-state index contributed by atoms with van der Waals surface area (Å²) >= 11 is 0.